The van der Waals surface area contributed by atoms with E-state index in [-0.39, 0.29) is 11.6 Å². The van der Waals surface area contributed by atoms with Crippen molar-refractivity contribution in [3.8, 4) is 0 Å². The Kier molecular flexibility index (Phi) is 3.04. The minimum absolute atomic E-state index is 0.107. The number of likely N-dealkylation sites (N-methyl/N-ethyl adjacent to an activating group) is 1. The average molecular weight is 199 g/mol. The summed E-state index contributed by atoms with van der Waals surface area (Å²) < 4.78 is 0. The lowest BCUT2D eigenvalue weighted by Gasteiger charge is -2.25. The summed E-state index contributed by atoms with van der Waals surface area (Å²) in [5.41, 5.74) is 5.59. The van der Waals surface area contributed by atoms with Crippen molar-refractivity contribution < 1.29 is 4.79 Å². The topological polar surface area (TPSA) is 49.6 Å². The van der Waals surface area contributed by atoms with Crippen LogP contribution in [0, 0.1) is 0 Å². The summed E-state index contributed by atoms with van der Waals surface area (Å²) in [7, 11) is 1.86. The summed E-state index contributed by atoms with van der Waals surface area (Å²) in [6.07, 6.45) is 1.00. The van der Waals surface area contributed by atoms with Crippen molar-refractivity contribution in [2.75, 3.05) is 20.1 Å². The smallest absolute Gasteiger partial charge is 0.320 e. The highest BCUT2D eigenvalue weighted by Gasteiger charge is 2.35. The van der Waals surface area contributed by atoms with Gasteiger partial charge in [-0.3, -0.25) is 0 Å². The van der Waals surface area contributed by atoms with E-state index < -0.39 is 0 Å². The molecule has 4 heteroatoms. The van der Waals surface area contributed by atoms with E-state index in [1.807, 2.05) is 30.7 Å². The van der Waals surface area contributed by atoms with Gasteiger partial charge in [0.05, 0.1) is 6.04 Å². The molecule has 1 rings (SSSR count). The number of urea groups is 1. The fourth-order valence-corrected chi connectivity index (χ4v) is 1.86. The second-order valence-corrected chi connectivity index (χ2v) is 4.82. The maximum absolute atomic E-state index is 11.7. The number of amides is 2. The number of nitrogens with zero attached hydrogens (tertiary/aromatic N) is 2. The number of hydrogen-bond donors (Lipinski definition) is 1. The van der Waals surface area contributed by atoms with Crippen LogP contribution >= 0.6 is 0 Å². The van der Waals surface area contributed by atoms with Crippen LogP contribution in [-0.4, -0.2) is 47.5 Å². The van der Waals surface area contributed by atoms with Gasteiger partial charge in [0, 0.05) is 25.7 Å². The van der Waals surface area contributed by atoms with Gasteiger partial charge in [-0.15, -0.1) is 0 Å². The monoisotopic (exact) mass is 199 g/mol. The summed E-state index contributed by atoms with van der Waals surface area (Å²) >= 11 is 0. The molecule has 1 saturated heterocycles. The first-order valence-electron chi connectivity index (χ1n) is 5.16. The molecular formula is C10H21N3O. The Balaban J connectivity index is 2.62. The lowest BCUT2D eigenvalue weighted by molar-refractivity contribution is 0.188. The van der Waals surface area contributed by atoms with Crippen LogP contribution in [0.4, 0.5) is 4.79 Å². The van der Waals surface area contributed by atoms with E-state index in [1.165, 1.54) is 0 Å². The van der Waals surface area contributed by atoms with E-state index in [4.69, 9.17) is 5.73 Å². The molecule has 1 aliphatic heterocycles. The lowest BCUT2D eigenvalue weighted by atomic mass is 10.1. The van der Waals surface area contributed by atoms with E-state index in [2.05, 4.69) is 6.92 Å². The fourth-order valence-electron chi connectivity index (χ4n) is 1.86. The Labute approximate surface area is 86.0 Å². The molecule has 0 spiro atoms. The molecule has 1 heterocycles. The molecule has 0 saturated carbocycles. The molecule has 2 amide bonds. The van der Waals surface area contributed by atoms with Gasteiger partial charge in [-0.05, 0) is 20.3 Å². The van der Waals surface area contributed by atoms with E-state index >= 15 is 0 Å². The number of nitrogens with two attached hydrogens (primary N) is 1. The highest BCUT2D eigenvalue weighted by molar-refractivity contribution is 5.77. The van der Waals surface area contributed by atoms with Gasteiger partial charge in [0.15, 0.2) is 0 Å². The summed E-state index contributed by atoms with van der Waals surface area (Å²) in [5.74, 6) is 0. The first-order chi connectivity index (χ1) is 6.35. The molecule has 0 bridgehead atoms. The van der Waals surface area contributed by atoms with Crippen LogP contribution in [0.2, 0.25) is 0 Å². The number of hydrogen-bond acceptors (Lipinski definition) is 2. The molecule has 0 aliphatic carbocycles. The zero-order valence-corrected chi connectivity index (χ0v) is 9.58. The van der Waals surface area contributed by atoms with Crippen molar-refractivity contribution in [1.82, 2.24) is 9.80 Å². The van der Waals surface area contributed by atoms with Gasteiger partial charge < -0.3 is 15.5 Å². The minimum Gasteiger partial charge on any atom is -0.324 e. The van der Waals surface area contributed by atoms with Gasteiger partial charge in [-0.1, -0.05) is 6.92 Å². The summed E-state index contributed by atoms with van der Waals surface area (Å²) in [6, 6.07) is 0.459. The Bertz CT molecular complexity index is 222. The Hall–Kier alpha value is -0.770. The number of rotatable bonds is 3. The van der Waals surface area contributed by atoms with Crippen LogP contribution in [0.25, 0.3) is 0 Å². The van der Waals surface area contributed by atoms with Gasteiger partial charge in [-0.2, -0.15) is 0 Å². The van der Waals surface area contributed by atoms with E-state index in [1.54, 1.807) is 0 Å². The highest BCUT2D eigenvalue weighted by Crippen LogP contribution is 2.17. The van der Waals surface area contributed by atoms with Gasteiger partial charge in [0.25, 0.3) is 0 Å². The zero-order chi connectivity index (χ0) is 10.9. The van der Waals surface area contributed by atoms with Crippen molar-refractivity contribution >= 4 is 6.03 Å². The summed E-state index contributed by atoms with van der Waals surface area (Å²) in [6.45, 7) is 7.43. The van der Waals surface area contributed by atoms with Crippen LogP contribution in [0.1, 0.15) is 27.2 Å². The fraction of sp³-hybridized carbons (Fsp3) is 0.900. The van der Waals surface area contributed by atoms with Crippen LogP contribution in [0.5, 0.6) is 0 Å². The molecule has 0 aromatic heterocycles. The second-order valence-electron chi connectivity index (χ2n) is 4.82. The third-order valence-electron chi connectivity index (χ3n) is 2.62. The molecule has 1 aliphatic rings. The van der Waals surface area contributed by atoms with Crippen LogP contribution in [0.15, 0.2) is 0 Å². The lowest BCUT2D eigenvalue weighted by Crippen LogP contribution is -2.46. The standard InChI is InChI=1S/C10H21N3O/c1-5-8-6-13(7-10(2,3)11)9(14)12(8)4/h8H,5-7,11H2,1-4H3. The van der Waals surface area contributed by atoms with E-state index in [0.29, 0.717) is 12.6 Å². The Morgan fingerprint density at radius 2 is 2.14 bits per heavy atom. The predicted molar refractivity (Wildman–Crippen MR) is 57.1 cm³/mol. The van der Waals surface area contributed by atoms with Crippen molar-refractivity contribution in [3.05, 3.63) is 0 Å². The Morgan fingerprint density at radius 3 is 2.50 bits per heavy atom. The van der Waals surface area contributed by atoms with Gasteiger partial charge in [0.2, 0.25) is 0 Å². The molecule has 0 aromatic rings. The molecule has 0 aromatic carbocycles. The molecule has 1 unspecified atom stereocenters. The minimum atomic E-state index is -0.306. The molecule has 1 fully saturated rings. The zero-order valence-electron chi connectivity index (χ0n) is 9.58. The number of carbonyl (C=O) groups excluding carboxylic acids is 1. The first-order valence-corrected chi connectivity index (χ1v) is 5.16. The van der Waals surface area contributed by atoms with Crippen LogP contribution in [0.3, 0.4) is 0 Å². The van der Waals surface area contributed by atoms with Gasteiger partial charge in [0.1, 0.15) is 0 Å². The maximum atomic E-state index is 11.7. The van der Waals surface area contributed by atoms with Crippen molar-refractivity contribution in [2.45, 2.75) is 38.8 Å². The molecule has 4 nitrogen and oxygen atoms in total. The normalized spacial score (nSPS) is 23.5. The summed E-state index contributed by atoms with van der Waals surface area (Å²) in [4.78, 5) is 15.4. The van der Waals surface area contributed by atoms with Crippen LogP contribution < -0.4 is 5.73 Å². The van der Waals surface area contributed by atoms with E-state index in [9.17, 15) is 4.79 Å². The van der Waals surface area contributed by atoms with Gasteiger partial charge in [-0.25, -0.2) is 4.79 Å². The largest absolute Gasteiger partial charge is 0.324 e. The Morgan fingerprint density at radius 1 is 1.57 bits per heavy atom. The molecule has 2 N–H and O–H groups in total. The quantitative estimate of drug-likeness (QED) is 0.733. The van der Waals surface area contributed by atoms with Crippen molar-refractivity contribution in [3.63, 3.8) is 0 Å². The SMILES string of the molecule is CCC1CN(CC(C)(C)N)C(=O)N1C. The average Bonchev–Trinajstić information content (AvgIpc) is 2.30. The third kappa shape index (κ3) is 2.38. The number of carbonyl (C=O) groups is 1. The molecule has 1 atom stereocenters. The second kappa shape index (κ2) is 3.77. The maximum Gasteiger partial charge on any atom is 0.320 e. The van der Waals surface area contributed by atoms with Crippen molar-refractivity contribution in [1.29, 1.82) is 0 Å². The molecule has 82 valence electrons. The van der Waals surface area contributed by atoms with E-state index in [0.717, 1.165) is 13.0 Å². The van der Waals surface area contributed by atoms with Gasteiger partial charge >= 0.3 is 6.03 Å². The van der Waals surface area contributed by atoms with Crippen LogP contribution in [-0.2, 0) is 0 Å². The molecular weight excluding hydrogens is 178 g/mol. The predicted octanol–water partition coefficient (Wildman–Crippen LogP) is 0.870. The third-order valence-corrected chi connectivity index (χ3v) is 2.62. The summed E-state index contributed by atoms with van der Waals surface area (Å²) in [5, 5.41) is 0. The molecule has 14 heavy (non-hydrogen) atoms. The molecule has 0 radical (unpaired) electrons. The first kappa shape index (κ1) is 11.3. The van der Waals surface area contributed by atoms with Crippen molar-refractivity contribution in [2.24, 2.45) is 5.73 Å². The highest BCUT2D eigenvalue weighted by atomic mass is 16.2.